The van der Waals surface area contributed by atoms with E-state index in [2.05, 4.69) is 20.5 Å². The Morgan fingerprint density at radius 3 is 2.68 bits per heavy atom. The molecule has 7 heteroatoms. The smallest absolute Gasteiger partial charge is 0.275 e. The average molecular weight is 410 g/mol. The van der Waals surface area contributed by atoms with Gasteiger partial charge in [-0.25, -0.2) is 10.4 Å². The van der Waals surface area contributed by atoms with E-state index in [0.717, 1.165) is 16.4 Å². The third kappa shape index (κ3) is 3.53. The molecule has 0 unspecified atom stereocenters. The van der Waals surface area contributed by atoms with E-state index in [1.807, 2.05) is 54.6 Å². The molecule has 1 amide bonds. The number of ether oxygens (including phenoxy) is 1. The van der Waals surface area contributed by atoms with E-state index < -0.39 is 5.91 Å². The lowest BCUT2D eigenvalue weighted by molar-refractivity contribution is 0.0948. The van der Waals surface area contributed by atoms with E-state index in [1.165, 1.54) is 7.11 Å². The van der Waals surface area contributed by atoms with E-state index in [-0.39, 0.29) is 5.55 Å². The van der Waals surface area contributed by atoms with Gasteiger partial charge in [-0.1, -0.05) is 42.5 Å². The van der Waals surface area contributed by atoms with Crippen LogP contribution in [0.15, 0.2) is 88.4 Å². The molecule has 0 aliphatic heterocycles. The van der Waals surface area contributed by atoms with Crippen molar-refractivity contribution in [2.75, 3.05) is 7.11 Å². The van der Waals surface area contributed by atoms with Gasteiger partial charge in [0.1, 0.15) is 17.2 Å². The molecule has 0 radical (unpaired) electrons. The molecule has 2 N–H and O–H groups in total. The zero-order valence-electron chi connectivity index (χ0n) is 16.6. The molecule has 0 fully saturated rings. The van der Waals surface area contributed by atoms with E-state index in [0.29, 0.717) is 28.3 Å². The maximum Gasteiger partial charge on any atom is 0.275 e. The van der Waals surface area contributed by atoms with Crippen molar-refractivity contribution in [2.45, 2.75) is 0 Å². The predicted molar refractivity (Wildman–Crippen MR) is 117 cm³/mol. The first-order chi connectivity index (χ1) is 15.2. The molecular weight excluding hydrogens is 392 g/mol. The SMILES string of the molecule is COc1ccccc1C(=O)N/N=c1\oc2ccccc2cc1-c1nc2ccccc2[nH]1. The number of carbonyl (C=O) groups is 1. The Bertz CT molecular complexity index is 1450. The monoisotopic (exact) mass is 410 g/mol. The molecule has 0 aliphatic carbocycles. The number of hydrogen-bond acceptors (Lipinski definition) is 5. The highest BCUT2D eigenvalue weighted by atomic mass is 16.5. The maximum absolute atomic E-state index is 12.7. The Balaban J connectivity index is 1.63. The van der Waals surface area contributed by atoms with Crippen molar-refractivity contribution in [1.82, 2.24) is 15.4 Å². The molecule has 0 saturated carbocycles. The van der Waals surface area contributed by atoms with Gasteiger partial charge in [-0.3, -0.25) is 4.79 Å². The number of methoxy groups -OCH3 is 1. The minimum Gasteiger partial charge on any atom is -0.496 e. The highest BCUT2D eigenvalue weighted by molar-refractivity contribution is 5.96. The lowest BCUT2D eigenvalue weighted by atomic mass is 10.2. The van der Waals surface area contributed by atoms with Gasteiger partial charge < -0.3 is 14.1 Å². The Kier molecular flexibility index (Phi) is 4.68. The van der Waals surface area contributed by atoms with Crippen LogP contribution >= 0.6 is 0 Å². The van der Waals surface area contributed by atoms with Crippen LogP contribution in [0.25, 0.3) is 33.4 Å². The summed E-state index contributed by atoms with van der Waals surface area (Å²) in [5.41, 5.74) is 6.19. The van der Waals surface area contributed by atoms with Gasteiger partial charge in [0.25, 0.3) is 5.91 Å². The molecule has 0 atom stereocenters. The highest BCUT2D eigenvalue weighted by Crippen LogP contribution is 2.22. The molecule has 5 rings (SSSR count). The van der Waals surface area contributed by atoms with Gasteiger partial charge in [-0.2, -0.15) is 0 Å². The minimum atomic E-state index is -0.406. The van der Waals surface area contributed by atoms with Crippen LogP contribution in [-0.4, -0.2) is 23.0 Å². The van der Waals surface area contributed by atoms with Gasteiger partial charge in [0.05, 0.1) is 29.3 Å². The molecule has 0 aliphatic rings. The fraction of sp³-hybridized carbons (Fsp3) is 0.0417. The second-order valence-electron chi connectivity index (χ2n) is 6.86. The Hall–Kier alpha value is -4.39. The summed E-state index contributed by atoms with van der Waals surface area (Å²) in [6.45, 7) is 0. The van der Waals surface area contributed by atoms with E-state index in [1.54, 1.807) is 24.3 Å². The van der Waals surface area contributed by atoms with Crippen molar-refractivity contribution in [1.29, 1.82) is 0 Å². The van der Waals surface area contributed by atoms with Crippen molar-refractivity contribution in [3.8, 4) is 17.1 Å². The van der Waals surface area contributed by atoms with Crippen molar-refractivity contribution >= 4 is 27.9 Å². The summed E-state index contributed by atoms with van der Waals surface area (Å²) >= 11 is 0. The molecule has 0 bridgehead atoms. The number of hydrogen-bond donors (Lipinski definition) is 2. The average Bonchev–Trinajstić information content (AvgIpc) is 3.26. The number of aromatic nitrogens is 2. The van der Waals surface area contributed by atoms with Gasteiger partial charge in [-0.05, 0) is 36.4 Å². The summed E-state index contributed by atoms with van der Waals surface area (Å²) in [5, 5.41) is 5.17. The molecule has 7 nitrogen and oxygen atoms in total. The fourth-order valence-corrected chi connectivity index (χ4v) is 3.40. The van der Waals surface area contributed by atoms with Gasteiger partial charge >= 0.3 is 0 Å². The lowest BCUT2D eigenvalue weighted by Crippen LogP contribution is -2.22. The highest BCUT2D eigenvalue weighted by Gasteiger charge is 2.13. The quantitative estimate of drug-likeness (QED) is 0.434. The van der Waals surface area contributed by atoms with Gasteiger partial charge in [0.2, 0.25) is 5.55 Å². The zero-order chi connectivity index (χ0) is 21.2. The molecule has 5 aromatic rings. The number of para-hydroxylation sites is 4. The second kappa shape index (κ2) is 7.79. The normalized spacial score (nSPS) is 11.7. The van der Waals surface area contributed by atoms with Crippen LogP contribution in [0.3, 0.4) is 0 Å². The van der Waals surface area contributed by atoms with E-state index in [4.69, 9.17) is 9.15 Å². The summed E-state index contributed by atoms with van der Waals surface area (Å²) in [6, 6.07) is 24.2. The number of H-pyrrole nitrogens is 1. The molecular formula is C24H18N4O3. The summed E-state index contributed by atoms with van der Waals surface area (Å²) < 4.78 is 11.3. The van der Waals surface area contributed by atoms with Crippen molar-refractivity contribution in [3.05, 3.63) is 90.0 Å². The van der Waals surface area contributed by atoms with Crippen LogP contribution in [0.2, 0.25) is 0 Å². The third-order valence-corrected chi connectivity index (χ3v) is 4.91. The largest absolute Gasteiger partial charge is 0.496 e. The summed E-state index contributed by atoms with van der Waals surface area (Å²) in [5.74, 6) is 0.653. The number of amides is 1. The molecule has 0 saturated heterocycles. The number of nitrogens with zero attached hydrogens (tertiary/aromatic N) is 2. The minimum absolute atomic E-state index is 0.237. The van der Waals surface area contributed by atoms with Gasteiger partial charge in [0, 0.05) is 5.39 Å². The Morgan fingerprint density at radius 1 is 1.03 bits per heavy atom. The van der Waals surface area contributed by atoms with E-state index in [9.17, 15) is 4.79 Å². The molecule has 0 spiro atoms. The number of carbonyl (C=O) groups excluding carboxylic acids is 1. The first kappa shape index (κ1) is 18.6. The topological polar surface area (TPSA) is 92.5 Å². The molecule has 152 valence electrons. The van der Waals surface area contributed by atoms with Crippen LogP contribution in [0.5, 0.6) is 5.75 Å². The number of nitrogens with one attached hydrogen (secondary N) is 2. The predicted octanol–water partition coefficient (Wildman–Crippen LogP) is 4.23. The Morgan fingerprint density at radius 2 is 1.81 bits per heavy atom. The first-order valence-electron chi connectivity index (χ1n) is 9.68. The van der Waals surface area contributed by atoms with Crippen LogP contribution in [0.4, 0.5) is 0 Å². The lowest BCUT2D eigenvalue weighted by Gasteiger charge is -2.06. The van der Waals surface area contributed by atoms with Crippen molar-refractivity contribution in [2.24, 2.45) is 5.10 Å². The molecule has 2 aromatic heterocycles. The first-order valence-corrected chi connectivity index (χ1v) is 9.68. The third-order valence-electron chi connectivity index (χ3n) is 4.91. The maximum atomic E-state index is 12.7. The number of fused-ring (bicyclic) bond motifs is 2. The zero-order valence-corrected chi connectivity index (χ0v) is 16.6. The Labute approximate surface area is 177 Å². The molecule has 2 heterocycles. The number of rotatable bonds is 4. The standard InChI is InChI=1S/C24H18N4O3/c1-30-21-13-7-3-9-16(21)23(29)27-28-24-17(14-15-8-2-6-12-20(15)31-24)22-25-18-10-4-5-11-19(18)26-22/h2-14H,1H3,(H,25,26)(H,27,29)/b28-24-. The van der Waals surface area contributed by atoms with Crippen LogP contribution in [0, 0.1) is 0 Å². The van der Waals surface area contributed by atoms with Gasteiger partial charge in [0.15, 0.2) is 0 Å². The molecule has 3 aromatic carbocycles. The van der Waals surface area contributed by atoms with E-state index >= 15 is 0 Å². The summed E-state index contributed by atoms with van der Waals surface area (Å²) in [6.07, 6.45) is 0. The van der Waals surface area contributed by atoms with Crippen LogP contribution < -0.4 is 15.7 Å². The number of aromatic amines is 1. The van der Waals surface area contributed by atoms with Crippen LogP contribution in [0.1, 0.15) is 10.4 Å². The number of benzene rings is 3. The van der Waals surface area contributed by atoms with Crippen LogP contribution in [-0.2, 0) is 0 Å². The summed E-state index contributed by atoms with van der Waals surface area (Å²) in [4.78, 5) is 20.6. The molecule has 31 heavy (non-hydrogen) atoms. The van der Waals surface area contributed by atoms with Crippen molar-refractivity contribution in [3.63, 3.8) is 0 Å². The second-order valence-corrected chi connectivity index (χ2v) is 6.86. The number of imidazole rings is 1. The van der Waals surface area contributed by atoms with Gasteiger partial charge in [-0.15, -0.1) is 5.10 Å². The van der Waals surface area contributed by atoms with Crippen molar-refractivity contribution < 1.29 is 13.9 Å². The fourth-order valence-electron chi connectivity index (χ4n) is 3.40. The summed E-state index contributed by atoms with van der Waals surface area (Å²) in [7, 11) is 1.52.